The molecule has 0 radical (unpaired) electrons. The average molecular weight is 293 g/mol. The first-order valence-corrected chi connectivity index (χ1v) is 6.57. The Labute approximate surface area is 122 Å². The van der Waals surface area contributed by atoms with E-state index in [2.05, 4.69) is 0 Å². The second-order valence-corrected chi connectivity index (χ2v) is 4.56. The number of benzene rings is 2. The Morgan fingerprint density at radius 2 is 1.62 bits per heavy atom. The lowest BCUT2D eigenvalue weighted by atomic mass is 10.1. The second-order valence-electron chi connectivity index (χ2n) is 4.56. The van der Waals surface area contributed by atoms with Crippen molar-refractivity contribution in [3.05, 3.63) is 59.2 Å². The van der Waals surface area contributed by atoms with E-state index >= 15 is 0 Å². The summed E-state index contributed by atoms with van der Waals surface area (Å²) in [5.41, 5.74) is 6.68. The van der Waals surface area contributed by atoms with Crippen molar-refractivity contribution in [2.75, 3.05) is 13.7 Å². The van der Waals surface area contributed by atoms with E-state index in [1.54, 1.807) is 31.4 Å². The van der Waals surface area contributed by atoms with E-state index in [1.165, 1.54) is 12.1 Å². The maximum Gasteiger partial charge on any atom is 0.191 e. The zero-order valence-electron chi connectivity index (χ0n) is 11.7. The highest BCUT2D eigenvalue weighted by Crippen LogP contribution is 2.24. The smallest absolute Gasteiger partial charge is 0.191 e. The molecule has 5 heteroatoms. The monoisotopic (exact) mass is 293 g/mol. The van der Waals surface area contributed by atoms with Gasteiger partial charge in [0.05, 0.1) is 7.11 Å². The van der Waals surface area contributed by atoms with E-state index in [4.69, 9.17) is 15.2 Å². The van der Waals surface area contributed by atoms with Crippen LogP contribution in [0.4, 0.5) is 8.78 Å². The lowest BCUT2D eigenvalue weighted by molar-refractivity contribution is 0.273. The fraction of sp³-hybridized carbons (Fsp3) is 0.250. The van der Waals surface area contributed by atoms with E-state index < -0.39 is 11.6 Å². The number of hydrogen-bond donors (Lipinski definition) is 1. The molecule has 0 saturated carbocycles. The number of rotatable bonds is 6. The van der Waals surface area contributed by atoms with Crippen LogP contribution in [0.2, 0.25) is 0 Å². The summed E-state index contributed by atoms with van der Waals surface area (Å²) in [6.07, 6.45) is 0.423. The van der Waals surface area contributed by atoms with E-state index in [0.717, 1.165) is 5.56 Å². The van der Waals surface area contributed by atoms with Crippen molar-refractivity contribution in [1.29, 1.82) is 0 Å². The van der Waals surface area contributed by atoms with Crippen molar-refractivity contribution >= 4 is 0 Å². The Hall–Kier alpha value is -2.14. The van der Waals surface area contributed by atoms with E-state index in [1.807, 2.05) is 0 Å². The van der Waals surface area contributed by atoms with Gasteiger partial charge in [-0.2, -0.15) is 0 Å². The molecule has 2 N–H and O–H groups in total. The fourth-order valence-electron chi connectivity index (χ4n) is 1.94. The summed E-state index contributed by atoms with van der Waals surface area (Å²) in [5.74, 6) is -1.09. The molecule has 0 aliphatic heterocycles. The highest BCUT2D eigenvalue weighted by atomic mass is 19.1. The van der Waals surface area contributed by atoms with Crippen molar-refractivity contribution < 1.29 is 18.3 Å². The predicted octanol–water partition coefficient (Wildman–Crippen LogP) is 3.05. The molecule has 0 amide bonds. The molecule has 0 spiro atoms. The van der Waals surface area contributed by atoms with Gasteiger partial charge in [-0.25, -0.2) is 8.78 Å². The van der Waals surface area contributed by atoms with Crippen molar-refractivity contribution in [1.82, 2.24) is 0 Å². The minimum Gasteiger partial charge on any atom is -0.497 e. The highest BCUT2D eigenvalue weighted by Gasteiger charge is 2.12. The molecule has 2 aromatic carbocycles. The van der Waals surface area contributed by atoms with Crippen LogP contribution in [0.5, 0.6) is 11.5 Å². The van der Waals surface area contributed by atoms with Gasteiger partial charge in [0.2, 0.25) is 0 Å². The summed E-state index contributed by atoms with van der Waals surface area (Å²) in [4.78, 5) is 0. The third-order valence-corrected chi connectivity index (χ3v) is 3.03. The number of nitrogens with two attached hydrogens (primary N) is 1. The molecule has 0 unspecified atom stereocenters. The summed E-state index contributed by atoms with van der Waals surface area (Å²) in [6, 6.07) is 9.57. The van der Waals surface area contributed by atoms with Crippen LogP contribution in [0.25, 0.3) is 0 Å². The standard InChI is InChI=1S/C16H17F2NO2/c1-20-13-4-2-11(3-5-13)10-21-16-14(17)8-12(6-7-19)9-15(16)18/h2-5,8-9H,6-7,10,19H2,1H3. The van der Waals surface area contributed by atoms with Crippen LogP contribution in [0.1, 0.15) is 11.1 Å². The van der Waals surface area contributed by atoms with Crippen LogP contribution in [-0.4, -0.2) is 13.7 Å². The zero-order chi connectivity index (χ0) is 15.2. The first-order chi connectivity index (χ1) is 10.1. The van der Waals surface area contributed by atoms with Gasteiger partial charge in [-0.1, -0.05) is 12.1 Å². The van der Waals surface area contributed by atoms with Gasteiger partial charge in [-0.3, -0.25) is 0 Å². The Bertz CT molecular complexity index is 577. The molecule has 0 saturated heterocycles. The maximum absolute atomic E-state index is 13.8. The van der Waals surface area contributed by atoms with Gasteiger partial charge < -0.3 is 15.2 Å². The van der Waals surface area contributed by atoms with Crippen molar-refractivity contribution in [3.63, 3.8) is 0 Å². The van der Waals surface area contributed by atoms with Gasteiger partial charge in [-0.05, 0) is 48.4 Å². The summed E-state index contributed by atoms with van der Waals surface area (Å²) in [5, 5.41) is 0. The average Bonchev–Trinajstić information content (AvgIpc) is 2.47. The molecule has 0 aliphatic carbocycles. The number of ether oxygens (including phenoxy) is 2. The lowest BCUT2D eigenvalue weighted by Crippen LogP contribution is -2.05. The molecule has 0 bridgehead atoms. The normalized spacial score (nSPS) is 10.5. The van der Waals surface area contributed by atoms with Crippen LogP contribution < -0.4 is 15.2 Å². The van der Waals surface area contributed by atoms with Crippen LogP contribution in [-0.2, 0) is 13.0 Å². The van der Waals surface area contributed by atoms with Crippen molar-refractivity contribution in [2.45, 2.75) is 13.0 Å². The molecule has 0 aliphatic rings. The minimum absolute atomic E-state index is 0.0775. The Kier molecular flexibility index (Phi) is 5.11. The zero-order valence-corrected chi connectivity index (χ0v) is 11.7. The van der Waals surface area contributed by atoms with Gasteiger partial charge in [-0.15, -0.1) is 0 Å². The van der Waals surface area contributed by atoms with Crippen LogP contribution in [0.15, 0.2) is 36.4 Å². The molecular formula is C16H17F2NO2. The van der Waals surface area contributed by atoms with Gasteiger partial charge >= 0.3 is 0 Å². The van der Waals surface area contributed by atoms with Crippen LogP contribution in [0, 0.1) is 11.6 Å². The van der Waals surface area contributed by atoms with Crippen LogP contribution >= 0.6 is 0 Å². The Morgan fingerprint density at radius 1 is 1.00 bits per heavy atom. The fourth-order valence-corrected chi connectivity index (χ4v) is 1.94. The SMILES string of the molecule is COc1ccc(COc2c(F)cc(CCN)cc2F)cc1. The summed E-state index contributed by atoms with van der Waals surface area (Å²) < 4.78 is 37.9. The van der Waals surface area contributed by atoms with Gasteiger partial charge in [0, 0.05) is 0 Å². The van der Waals surface area contributed by atoms with E-state index in [9.17, 15) is 8.78 Å². The van der Waals surface area contributed by atoms with E-state index in [0.29, 0.717) is 24.3 Å². The summed E-state index contributed by atoms with van der Waals surface area (Å²) >= 11 is 0. The molecule has 0 aromatic heterocycles. The van der Waals surface area contributed by atoms with Gasteiger partial charge in [0.15, 0.2) is 17.4 Å². The molecule has 3 nitrogen and oxygen atoms in total. The quantitative estimate of drug-likeness (QED) is 0.890. The lowest BCUT2D eigenvalue weighted by Gasteiger charge is -2.10. The van der Waals surface area contributed by atoms with Crippen LogP contribution in [0.3, 0.4) is 0 Å². The number of hydrogen-bond acceptors (Lipinski definition) is 3. The largest absolute Gasteiger partial charge is 0.497 e. The Morgan fingerprint density at radius 3 is 2.14 bits per heavy atom. The molecular weight excluding hydrogens is 276 g/mol. The summed E-state index contributed by atoms with van der Waals surface area (Å²) in [7, 11) is 1.57. The highest BCUT2D eigenvalue weighted by molar-refractivity contribution is 5.32. The molecule has 0 fully saturated rings. The Balaban J connectivity index is 2.08. The van der Waals surface area contributed by atoms with Gasteiger partial charge in [0.25, 0.3) is 0 Å². The van der Waals surface area contributed by atoms with Gasteiger partial charge in [0.1, 0.15) is 12.4 Å². The molecule has 21 heavy (non-hydrogen) atoms. The first-order valence-electron chi connectivity index (χ1n) is 6.57. The van der Waals surface area contributed by atoms with E-state index in [-0.39, 0.29) is 12.4 Å². The number of halogens is 2. The predicted molar refractivity (Wildman–Crippen MR) is 76.4 cm³/mol. The first kappa shape index (κ1) is 15.3. The molecule has 2 rings (SSSR count). The third kappa shape index (κ3) is 3.92. The third-order valence-electron chi connectivity index (χ3n) is 3.03. The topological polar surface area (TPSA) is 44.5 Å². The van der Waals surface area contributed by atoms with Crippen molar-refractivity contribution in [2.24, 2.45) is 5.73 Å². The number of methoxy groups -OCH3 is 1. The molecule has 0 atom stereocenters. The van der Waals surface area contributed by atoms with Crippen molar-refractivity contribution in [3.8, 4) is 11.5 Å². The second kappa shape index (κ2) is 7.04. The minimum atomic E-state index is -0.716. The molecule has 112 valence electrons. The maximum atomic E-state index is 13.8. The molecule has 0 heterocycles. The molecule has 2 aromatic rings. The summed E-state index contributed by atoms with van der Waals surface area (Å²) in [6.45, 7) is 0.416.